The Balaban J connectivity index is 2.42. The summed E-state index contributed by atoms with van der Waals surface area (Å²) in [5.74, 6) is -0.470. The lowest BCUT2D eigenvalue weighted by Gasteiger charge is -2.28. The standard InChI is InChI=1S/C19H24N4O6S/c1-13-6-7-14(2)17(10-13)22(30(27,28)21(3)4)12-19(24)20-16-11-15(23(25)26)8-9-18(16)29-5/h6-11H,12H2,1-5H3,(H,20,24). The Morgan fingerprint density at radius 2 is 1.83 bits per heavy atom. The molecule has 11 heteroatoms. The molecule has 0 fully saturated rings. The summed E-state index contributed by atoms with van der Waals surface area (Å²) in [6, 6.07) is 9.04. The summed E-state index contributed by atoms with van der Waals surface area (Å²) in [6.45, 7) is 3.03. The predicted molar refractivity (Wildman–Crippen MR) is 114 cm³/mol. The van der Waals surface area contributed by atoms with Gasteiger partial charge in [0.1, 0.15) is 12.3 Å². The largest absolute Gasteiger partial charge is 0.495 e. The van der Waals surface area contributed by atoms with Gasteiger partial charge in [0.05, 0.1) is 23.4 Å². The van der Waals surface area contributed by atoms with E-state index in [1.54, 1.807) is 19.1 Å². The third-order valence-corrected chi connectivity index (χ3v) is 6.13. The smallest absolute Gasteiger partial charge is 0.304 e. The number of anilines is 2. The van der Waals surface area contributed by atoms with E-state index in [9.17, 15) is 23.3 Å². The number of non-ortho nitro benzene ring substituents is 1. The van der Waals surface area contributed by atoms with Crippen LogP contribution in [0.3, 0.4) is 0 Å². The monoisotopic (exact) mass is 436 g/mol. The number of methoxy groups -OCH3 is 1. The van der Waals surface area contributed by atoms with Gasteiger partial charge in [-0.3, -0.25) is 14.9 Å². The van der Waals surface area contributed by atoms with Crippen molar-refractivity contribution >= 4 is 33.2 Å². The molecule has 0 bridgehead atoms. The fraction of sp³-hybridized carbons (Fsp3) is 0.316. The molecule has 0 aliphatic carbocycles. The van der Waals surface area contributed by atoms with Gasteiger partial charge in [-0.2, -0.15) is 12.7 Å². The number of benzene rings is 2. The van der Waals surface area contributed by atoms with Crippen LogP contribution in [0.25, 0.3) is 0 Å². The molecule has 0 heterocycles. The van der Waals surface area contributed by atoms with Gasteiger partial charge < -0.3 is 10.1 Å². The van der Waals surface area contributed by atoms with E-state index in [2.05, 4.69) is 5.32 Å². The average molecular weight is 436 g/mol. The Kier molecular flexibility index (Phi) is 7.00. The maximum atomic E-state index is 12.9. The van der Waals surface area contributed by atoms with Crippen molar-refractivity contribution in [3.05, 3.63) is 57.6 Å². The molecule has 30 heavy (non-hydrogen) atoms. The van der Waals surface area contributed by atoms with Gasteiger partial charge in [0.25, 0.3) is 5.69 Å². The number of aryl methyl sites for hydroxylation is 2. The number of nitro groups is 1. The van der Waals surface area contributed by atoms with E-state index >= 15 is 0 Å². The van der Waals surface area contributed by atoms with Gasteiger partial charge in [0.2, 0.25) is 5.91 Å². The van der Waals surface area contributed by atoms with Crippen LogP contribution >= 0.6 is 0 Å². The molecule has 0 aliphatic rings. The highest BCUT2D eigenvalue weighted by atomic mass is 32.2. The van der Waals surface area contributed by atoms with Gasteiger partial charge >= 0.3 is 10.2 Å². The molecular weight excluding hydrogens is 412 g/mol. The summed E-state index contributed by atoms with van der Waals surface area (Å²) in [7, 11) is 0.107. The zero-order valence-corrected chi connectivity index (χ0v) is 18.2. The first kappa shape index (κ1) is 23.1. The van der Waals surface area contributed by atoms with Crippen molar-refractivity contribution in [3.8, 4) is 5.75 Å². The second-order valence-electron chi connectivity index (χ2n) is 6.78. The highest BCUT2D eigenvalue weighted by Gasteiger charge is 2.29. The van der Waals surface area contributed by atoms with Crippen molar-refractivity contribution in [2.24, 2.45) is 0 Å². The predicted octanol–water partition coefficient (Wildman–Crippen LogP) is 2.47. The Hall–Kier alpha value is -3.18. The van der Waals surface area contributed by atoms with E-state index in [0.29, 0.717) is 11.3 Å². The molecule has 10 nitrogen and oxygen atoms in total. The molecule has 0 saturated heterocycles. The van der Waals surface area contributed by atoms with Crippen molar-refractivity contribution in [1.82, 2.24) is 4.31 Å². The SMILES string of the molecule is COc1ccc([N+](=O)[O-])cc1NC(=O)CN(c1cc(C)ccc1C)S(=O)(=O)N(C)C. The molecule has 1 N–H and O–H groups in total. The first-order chi connectivity index (χ1) is 14.0. The highest BCUT2D eigenvalue weighted by molar-refractivity contribution is 7.90. The summed E-state index contributed by atoms with van der Waals surface area (Å²) >= 11 is 0. The van der Waals surface area contributed by atoms with Crippen LogP contribution in [0, 0.1) is 24.0 Å². The van der Waals surface area contributed by atoms with E-state index in [1.807, 2.05) is 13.0 Å². The summed E-state index contributed by atoms with van der Waals surface area (Å²) < 4.78 is 33.0. The number of amides is 1. The lowest BCUT2D eigenvalue weighted by molar-refractivity contribution is -0.384. The molecule has 2 rings (SSSR count). The first-order valence-corrected chi connectivity index (χ1v) is 10.3. The van der Waals surface area contributed by atoms with E-state index in [-0.39, 0.29) is 17.1 Å². The van der Waals surface area contributed by atoms with E-state index < -0.39 is 27.6 Å². The van der Waals surface area contributed by atoms with Gasteiger partial charge in [-0.15, -0.1) is 0 Å². The number of nitro benzene ring substituents is 1. The number of rotatable bonds is 8. The second kappa shape index (κ2) is 9.09. The second-order valence-corrected chi connectivity index (χ2v) is 8.84. The van der Waals surface area contributed by atoms with Gasteiger partial charge in [-0.1, -0.05) is 12.1 Å². The zero-order chi connectivity index (χ0) is 22.6. The van der Waals surface area contributed by atoms with E-state index in [0.717, 1.165) is 20.2 Å². The Morgan fingerprint density at radius 3 is 2.40 bits per heavy atom. The minimum Gasteiger partial charge on any atom is -0.495 e. The van der Waals surface area contributed by atoms with E-state index in [1.165, 1.54) is 33.3 Å². The number of hydrogen-bond donors (Lipinski definition) is 1. The molecular formula is C19H24N4O6S. The summed E-state index contributed by atoms with van der Waals surface area (Å²) in [4.78, 5) is 23.2. The number of ether oxygens (including phenoxy) is 1. The topological polar surface area (TPSA) is 122 Å². The van der Waals surface area contributed by atoms with Crippen molar-refractivity contribution < 1.29 is 22.9 Å². The molecule has 2 aromatic carbocycles. The Morgan fingerprint density at radius 1 is 1.17 bits per heavy atom. The highest BCUT2D eigenvalue weighted by Crippen LogP contribution is 2.30. The van der Waals surface area contributed by atoms with Crippen LogP contribution in [0.5, 0.6) is 5.75 Å². The number of carbonyl (C=O) groups excluding carboxylic acids is 1. The van der Waals surface area contributed by atoms with Gasteiger partial charge in [0.15, 0.2) is 0 Å². The summed E-state index contributed by atoms with van der Waals surface area (Å²) in [6.07, 6.45) is 0. The van der Waals surface area contributed by atoms with Gasteiger partial charge in [-0.05, 0) is 37.1 Å². The van der Waals surface area contributed by atoms with Crippen LogP contribution in [0.2, 0.25) is 0 Å². The molecule has 0 aromatic heterocycles. The molecule has 0 saturated carbocycles. The molecule has 162 valence electrons. The van der Waals surface area contributed by atoms with Crippen LogP contribution < -0.4 is 14.4 Å². The molecule has 0 atom stereocenters. The summed E-state index contributed by atoms with van der Waals surface area (Å²) in [5.41, 5.74) is 1.70. The van der Waals surface area contributed by atoms with Crippen LogP contribution in [0.4, 0.5) is 17.1 Å². The normalized spacial score (nSPS) is 11.3. The van der Waals surface area contributed by atoms with E-state index in [4.69, 9.17) is 4.74 Å². The average Bonchev–Trinajstić information content (AvgIpc) is 2.67. The van der Waals surface area contributed by atoms with Crippen molar-refractivity contribution in [3.63, 3.8) is 0 Å². The quantitative estimate of drug-likeness (QED) is 0.501. The Bertz CT molecular complexity index is 1070. The lowest BCUT2D eigenvalue weighted by atomic mass is 10.1. The van der Waals surface area contributed by atoms with Crippen LogP contribution in [-0.4, -0.2) is 51.3 Å². The fourth-order valence-electron chi connectivity index (χ4n) is 2.70. The molecule has 0 spiro atoms. The molecule has 0 aliphatic heterocycles. The van der Waals surface area contributed by atoms with Crippen molar-refractivity contribution in [1.29, 1.82) is 0 Å². The summed E-state index contributed by atoms with van der Waals surface area (Å²) in [5, 5.41) is 13.5. The first-order valence-electron chi connectivity index (χ1n) is 8.87. The van der Waals surface area contributed by atoms with Crippen LogP contribution in [-0.2, 0) is 15.0 Å². The van der Waals surface area contributed by atoms with Gasteiger partial charge in [-0.25, -0.2) is 4.31 Å². The third-order valence-electron chi connectivity index (χ3n) is 4.33. The third kappa shape index (κ3) is 5.05. The maximum Gasteiger partial charge on any atom is 0.304 e. The number of hydrogen-bond acceptors (Lipinski definition) is 6. The van der Waals surface area contributed by atoms with Crippen LogP contribution in [0.15, 0.2) is 36.4 Å². The fourth-order valence-corrected chi connectivity index (χ4v) is 3.82. The molecule has 0 radical (unpaired) electrons. The number of nitrogens with zero attached hydrogens (tertiary/aromatic N) is 3. The zero-order valence-electron chi connectivity index (χ0n) is 17.4. The van der Waals surface area contributed by atoms with Crippen molar-refractivity contribution in [2.45, 2.75) is 13.8 Å². The minimum absolute atomic E-state index is 0.0693. The number of carbonyl (C=O) groups is 1. The van der Waals surface area contributed by atoms with Gasteiger partial charge in [0, 0.05) is 26.2 Å². The molecule has 1 amide bonds. The number of nitrogens with one attached hydrogen (secondary N) is 1. The molecule has 0 unspecified atom stereocenters. The lowest BCUT2D eigenvalue weighted by Crippen LogP contribution is -2.44. The van der Waals surface area contributed by atoms with Crippen molar-refractivity contribution in [2.75, 3.05) is 37.4 Å². The maximum absolute atomic E-state index is 12.9. The Labute approximate surface area is 175 Å². The minimum atomic E-state index is -3.99. The van der Waals surface area contributed by atoms with Crippen LogP contribution in [0.1, 0.15) is 11.1 Å². The molecule has 2 aromatic rings.